The Kier molecular flexibility index (Phi) is 1.90. The van der Waals surface area contributed by atoms with Gasteiger partial charge in [-0.15, -0.1) is 0 Å². The van der Waals surface area contributed by atoms with Gasteiger partial charge in [0.2, 0.25) is 0 Å². The first-order valence-corrected chi connectivity index (χ1v) is 5.51. The van der Waals surface area contributed by atoms with Crippen molar-refractivity contribution in [3.8, 4) is 0 Å². The Hall–Kier alpha value is -2.10. The molecule has 1 atom stereocenters. The maximum absolute atomic E-state index is 12.0. The first kappa shape index (κ1) is 10.1. The quantitative estimate of drug-likeness (QED) is 0.755. The molecule has 1 aliphatic carbocycles. The van der Waals surface area contributed by atoms with Crippen LogP contribution in [0.3, 0.4) is 0 Å². The van der Waals surface area contributed by atoms with Gasteiger partial charge in [0, 0.05) is 22.6 Å². The van der Waals surface area contributed by atoms with E-state index in [1.807, 2.05) is 19.1 Å². The van der Waals surface area contributed by atoms with E-state index >= 15 is 0 Å². The summed E-state index contributed by atoms with van der Waals surface area (Å²) >= 11 is 0. The lowest BCUT2D eigenvalue weighted by atomic mass is 10.1. The molecule has 17 heavy (non-hydrogen) atoms. The van der Waals surface area contributed by atoms with E-state index in [4.69, 9.17) is 0 Å². The number of hydrogen-bond donors (Lipinski definition) is 1. The summed E-state index contributed by atoms with van der Waals surface area (Å²) < 4.78 is 1.24. The van der Waals surface area contributed by atoms with Gasteiger partial charge in [-0.25, -0.2) is 9.36 Å². The van der Waals surface area contributed by atoms with Crippen molar-refractivity contribution in [2.75, 3.05) is 0 Å². The van der Waals surface area contributed by atoms with Crippen molar-refractivity contribution < 1.29 is 14.7 Å². The molecule has 1 N–H and O–H groups in total. The van der Waals surface area contributed by atoms with Crippen molar-refractivity contribution in [2.45, 2.75) is 13.3 Å². The normalized spacial score (nSPS) is 18.6. The van der Waals surface area contributed by atoms with Crippen molar-refractivity contribution in [3.05, 3.63) is 35.5 Å². The van der Waals surface area contributed by atoms with E-state index in [9.17, 15) is 14.7 Å². The summed E-state index contributed by atoms with van der Waals surface area (Å²) in [6.07, 6.45) is -0.515. The van der Waals surface area contributed by atoms with Gasteiger partial charge in [-0.3, -0.25) is 4.79 Å². The van der Waals surface area contributed by atoms with Crippen LogP contribution < -0.4 is 0 Å². The molecule has 0 aliphatic heterocycles. The van der Waals surface area contributed by atoms with E-state index in [-0.39, 0.29) is 11.7 Å². The number of nitrogens with zero attached hydrogens (tertiary/aromatic N) is 1. The molecule has 1 heterocycles. The highest BCUT2D eigenvalue weighted by atomic mass is 16.4. The van der Waals surface area contributed by atoms with Crippen molar-refractivity contribution in [2.24, 2.45) is 5.92 Å². The van der Waals surface area contributed by atoms with Crippen LogP contribution in [-0.4, -0.2) is 21.6 Å². The van der Waals surface area contributed by atoms with Crippen LogP contribution in [0.1, 0.15) is 23.0 Å². The highest BCUT2D eigenvalue weighted by Crippen LogP contribution is 2.35. The molecule has 0 amide bonds. The summed E-state index contributed by atoms with van der Waals surface area (Å²) in [5, 5.41) is 10.0. The summed E-state index contributed by atoms with van der Waals surface area (Å²) in [5.41, 5.74) is 1.83. The number of carbonyl (C=O) groups is 2. The average molecular weight is 229 g/mol. The lowest BCUT2D eigenvalue weighted by molar-refractivity contribution is 0.0947. The van der Waals surface area contributed by atoms with E-state index in [1.54, 1.807) is 12.1 Å². The zero-order valence-corrected chi connectivity index (χ0v) is 9.30. The van der Waals surface area contributed by atoms with E-state index < -0.39 is 6.09 Å². The monoisotopic (exact) mass is 229 g/mol. The number of fused-ring (bicyclic) bond motifs is 3. The number of carboxylic acid groups (broad SMARTS) is 1. The Labute approximate surface area is 97.5 Å². The number of para-hydroxylation sites is 1. The largest absolute Gasteiger partial charge is 0.464 e. The Balaban J connectivity index is 2.46. The van der Waals surface area contributed by atoms with Crippen LogP contribution in [0, 0.1) is 5.92 Å². The summed E-state index contributed by atoms with van der Waals surface area (Å²) in [7, 11) is 0. The van der Waals surface area contributed by atoms with Gasteiger partial charge in [-0.2, -0.15) is 0 Å². The first-order valence-electron chi connectivity index (χ1n) is 5.51. The van der Waals surface area contributed by atoms with Gasteiger partial charge >= 0.3 is 6.09 Å². The van der Waals surface area contributed by atoms with Crippen LogP contribution in [-0.2, 0) is 6.42 Å². The Morgan fingerprint density at radius 1 is 1.41 bits per heavy atom. The lowest BCUT2D eigenvalue weighted by Gasteiger charge is -2.03. The van der Waals surface area contributed by atoms with Crippen LogP contribution >= 0.6 is 0 Å². The van der Waals surface area contributed by atoms with Gasteiger partial charge in [0.1, 0.15) is 0 Å². The second-order valence-electron chi connectivity index (χ2n) is 4.43. The molecule has 0 spiro atoms. The highest BCUT2D eigenvalue weighted by molar-refractivity contribution is 6.14. The SMILES string of the molecule is CC1Cc2c(c3ccccc3n2C(=O)O)C1=O. The summed E-state index contributed by atoms with van der Waals surface area (Å²) in [6, 6.07) is 7.15. The van der Waals surface area contributed by atoms with Crippen molar-refractivity contribution >= 4 is 22.8 Å². The molecule has 4 heteroatoms. The summed E-state index contributed by atoms with van der Waals surface area (Å²) in [6.45, 7) is 1.84. The van der Waals surface area contributed by atoms with Crippen molar-refractivity contribution in [3.63, 3.8) is 0 Å². The Morgan fingerprint density at radius 2 is 2.12 bits per heavy atom. The second-order valence-corrected chi connectivity index (χ2v) is 4.43. The minimum Gasteiger partial charge on any atom is -0.464 e. The predicted molar refractivity (Wildman–Crippen MR) is 62.6 cm³/mol. The third-order valence-electron chi connectivity index (χ3n) is 3.36. The van der Waals surface area contributed by atoms with Gasteiger partial charge in [-0.05, 0) is 12.5 Å². The molecule has 0 fully saturated rings. The Morgan fingerprint density at radius 3 is 2.82 bits per heavy atom. The van der Waals surface area contributed by atoms with Gasteiger partial charge < -0.3 is 5.11 Å². The minimum atomic E-state index is -1.02. The van der Waals surface area contributed by atoms with Gasteiger partial charge in [-0.1, -0.05) is 25.1 Å². The predicted octanol–water partition coefficient (Wildman–Crippen LogP) is 2.54. The van der Waals surface area contributed by atoms with Crippen molar-refractivity contribution in [1.82, 2.24) is 4.57 Å². The molecule has 1 aliphatic rings. The molecule has 0 saturated carbocycles. The molecule has 1 unspecified atom stereocenters. The van der Waals surface area contributed by atoms with E-state index in [0.29, 0.717) is 23.2 Å². The standard InChI is InChI=1S/C13H11NO3/c1-7-6-10-11(12(7)15)8-4-2-3-5-9(8)14(10)13(16)17/h2-5,7H,6H2,1H3,(H,16,17). The van der Waals surface area contributed by atoms with Crippen LogP contribution in [0.5, 0.6) is 0 Å². The first-order chi connectivity index (χ1) is 8.11. The van der Waals surface area contributed by atoms with Crippen LogP contribution in [0.15, 0.2) is 24.3 Å². The van der Waals surface area contributed by atoms with Gasteiger partial charge in [0.25, 0.3) is 0 Å². The maximum atomic E-state index is 12.0. The number of aromatic nitrogens is 1. The summed E-state index contributed by atoms with van der Waals surface area (Å²) in [5.74, 6) is -0.0635. The molecule has 0 saturated heterocycles. The molecule has 0 radical (unpaired) electrons. The Bertz CT molecular complexity index is 654. The molecule has 2 aromatic rings. The number of carbonyl (C=O) groups excluding carboxylic acids is 1. The number of hydrogen-bond acceptors (Lipinski definition) is 2. The van der Waals surface area contributed by atoms with Gasteiger partial charge in [0.05, 0.1) is 5.52 Å². The minimum absolute atomic E-state index is 0.0520. The third kappa shape index (κ3) is 1.18. The maximum Gasteiger partial charge on any atom is 0.416 e. The van der Waals surface area contributed by atoms with Crippen molar-refractivity contribution in [1.29, 1.82) is 0 Å². The number of Topliss-reactive ketones (excluding diaryl/α,β-unsaturated/α-hetero) is 1. The zero-order valence-electron chi connectivity index (χ0n) is 9.30. The number of benzene rings is 1. The molecule has 0 bridgehead atoms. The fourth-order valence-corrected chi connectivity index (χ4v) is 2.61. The average Bonchev–Trinajstić information content (AvgIpc) is 2.74. The number of rotatable bonds is 0. The smallest absolute Gasteiger partial charge is 0.416 e. The fraction of sp³-hybridized carbons (Fsp3) is 0.231. The highest BCUT2D eigenvalue weighted by Gasteiger charge is 2.34. The molecular weight excluding hydrogens is 218 g/mol. The molecule has 86 valence electrons. The van der Waals surface area contributed by atoms with Crippen LogP contribution in [0.25, 0.3) is 10.9 Å². The molecule has 3 rings (SSSR count). The molecule has 1 aromatic heterocycles. The second kappa shape index (κ2) is 3.20. The van der Waals surface area contributed by atoms with Crippen LogP contribution in [0.2, 0.25) is 0 Å². The fourth-order valence-electron chi connectivity index (χ4n) is 2.61. The molecule has 4 nitrogen and oxygen atoms in total. The van der Waals surface area contributed by atoms with Gasteiger partial charge in [0.15, 0.2) is 5.78 Å². The number of ketones is 1. The zero-order chi connectivity index (χ0) is 12.2. The topological polar surface area (TPSA) is 59.3 Å². The molecular formula is C13H11NO3. The van der Waals surface area contributed by atoms with Crippen LogP contribution in [0.4, 0.5) is 4.79 Å². The molecule has 1 aromatic carbocycles. The lowest BCUT2D eigenvalue weighted by Crippen LogP contribution is -2.11. The van der Waals surface area contributed by atoms with E-state index in [2.05, 4.69) is 0 Å². The third-order valence-corrected chi connectivity index (χ3v) is 3.36. The van der Waals surface area contributed by atoms with E-state index in [0.717, 1.165) is 5.39 Å². The van der Waals surface area contributed by atoms with E-state index in [1.165, 1.54) is 4.57 Å². The summed E-state index contributed by atoms with van der Waals surface area (Å²) in [4.78, 5) is 23.3.